The zero-order valence-corrected chi connectivity index (χ0v) is 13.1. The number of rotatable bonds is 4. The number of nitrogens with zero attached hydrogens (tertiary/aromatic N) is 1. The molecule has 0 unspecified atom stereocenters. The molecule has 0 aliphatic heterocycles. The van der Waals surface area contributed by atoms with Crippen LogP contribution in [0.3, 0.4) is 0 Å². The van der Waals surface area contributed by atoms with E-state index in [1.54, 1.807) is 19.2 Å². The molecule has 23 heavy (non-hydrogen) atoms. The van der Waals surface area contributed by atoms with Crippen LogP contribution in [0.5, 0.6) is 5.75 Å². The molecule has 0 saturated carbocycles. The first-order valence-corrected chi connectivity index (χ1v) is 7.32. The Labute approximate surface area is 134 Å². The highest BCUT2D eigenvalue weighted by Gasteiger charge is 2.08. The molecule has 0 bridgehead atoms. The minimum atomic E-state index is -0.368. The average molecular weight is 307 g/mol. The van der Waals surface area contributed by atoms with Gasteiger partial charge in [0.25, 0.3) is 0 Å². The average Bonchev–Trinajstić information content (AvgIpc) is 2.59. The van der Waals surface area contributed by atoms with Crippen molar-refractivity contribution in [2.75, 3.05) is 7.11 Å². The molecule has 4 nitrogen and oxygen atoms in total. The van der Waals surface area contributed by atoms with E-state index in [1.165, 1.54) is 6.20 Å². The number of carbonyl (C=O) groups is 1. The van der Waals surface area contributed by atoms with Gasteiger partial charge in [0.2, 0.25) is 0 Å². The molecule has 4 heteroatoms. The van der Waals surface area contributed by atoms with Gasteiger partial charge >= 0.3 is 5.97 Å². The number of hydrogen-bond acceptors (Lipinski definition) is 4. The Hall–Kier alpha value is -2.88. The van der Waals surface area contributed by atoms with Crippen molar-refractivity contribution in [3.8, 4) is 5.75 Å². The van der Waals surface area contributed by atoms with E-state index in [0.717, 1.165) is 27.8 Å². The van der Waals surface area contributed by atoms with Crippen LogP contribution in [0.1, 0.15) is 21.6 Å². The molecule has 2 aromatic carbocycles. The first-order chi connectivity index (χ1) is 11.2. The van der Waals surface area contributed by atoms with E-state index >= 15 is 0 Å². The van der Waals surface area contributed by atoms with Crippen molar-refractivity contribution in [2.24, 2.45) is 0 Å². The van der Waals surface area contributed by atoms with Gasteiger partial charge in [0.05, 0.1) is 12.7 Å². The summed E-state index contributed by atoms with van der Waals surface area (Å²) in [7, 11) is 1.65. The number of carbonyl (C=O) groups excluding carboxylic acids is 1. The monoisotopic (exact) mass is 307 g/mol. The van der Waals surface area contributed by atoms with Crippen LogP contribution in [0.25, 0.3) is 10.8 Å². The normalized spacial score (nSPS) is 10.5. The molecule has 0 amide bonds. The zero-order chi connectivity index (χ0) is 16.2. The van der Waals surface area contributed by atoms with Crippen molar-refractivity contribution in [1.82, 2.24) is 4.98 Å². The maximum absolute atomic E-state index is 12.0. The Balaban J connectivity index is 1.71. The van der Waals surface area contributed by atoms with Crippen LogP contribution in [-0.4, -0.2) is 18.1 Å². The van der Waals surface area contributed by atoms with Gasteiger partial charge in [-0.25, -0.2) is 4.79 Å². The fourth-order valence-corrected chi connectivity index (χ4v) is 2.31. The van der Waals surface area contributed by atoms with Crippen molar-refractivity contribution < 1.29 is 14.3 Å². The molecule has 0 fully saturated rings. The molecule has 0 atom stereocenters. The summed E-state index contributed by atoms with van der Waals surface area (Å²) in [5, 5.41) is 2.17. The summed E-state index contributed by atoms with van der Waals surface area (Å²) in [5.41, 5.74) is 2.27. The number of pyridine rings is 1. The Bertz CT molecular complexity index is 841. The van der Waals surface area contributed by atoms with Crippen LogP contribution < -0.4 is 4.74 Å². The summed E-state index contributed by atoms with van der Waals surface area (Å²) in [6, 6.07) is 15.3. The number of aryl methyl sites for hydroxylation is 1. The molecule has 3 rings (SSSR count). The lowest BCUT2D eigenvalue weighted by atomic mass is 10.1. The minimum absolute atomic E-state index is 0.231. The van der Waals surface area contributed by atoms with Crippen LogP contribution in [0, 0.1) is 6.92 Å². The number of fused-ring (bicyclic) bond motifs is 1. The summed E-state index contributed by atoms with van der Waals surface area (Å²) in [6.45, 7) is 2.11. The lowest BCUT2D eigenvalue weighted by Crippen LogP contribution is -2.05. The van der Waals surface area contributed by atoms with Gasteiger partial charge in [0.15, 0.2) is 0 Å². The maximum atomic E-state index is 12.0. The number of methoxy groups -OCH3 is 1. The lowest BCUT2D eigenvalue weighted by Gasteiger charge is -2.07. The number of benzene rings is 2. The maximum Gasteiger partial charge on any atom is 0.340 e. The molecule has 0 radical (unpaired) electrons. The highest BCUT2D eigenvalue weighted by atomic mass is 16.5. The molecule has 0 aliphatic rings. The second kappa shape index (κ2) is 6.48. The summed E-state index contributed by atoms with van der Waals surface area (Å²) in [5.74, 6) is 0.455. The summed E-state index contributed by atoms with van der Waals surface area (Å²) in [4.78, 5) is 16.1. The quantitative estimate of drug-likeness (QED) is 0.686. The van der Waals surface area contributed by atoms with Crippen LogP contribution >= 0.6 is 0 Å². The fraction of sp³-hybridized carbons (Fsp3) is 0.158. The van der Waals surface area contributed by atoms with Crippen molar-refractivity contribution in [3.63, 3.8) is 0 Å². The Morgan fingerprint density at radius 3 is 2.57 bits per heavy atom. The van der Waals surface area contributed by atoms with E-state index in [2.05, 4.69) is 4.98 Å². The smallest absolute Gasteiger partial charge is 0.340 e. The van der Waals surface area contributed by atoms with Gasteiger partial charge in [-0.15, -0.1) is 0 Å². The molecule has 0 N–H and O–H groups in total. The number of aromatic nitrogens is 1. The third-order valence-corrected chi connectivity index (χ3v) is 3.63. The van der Waals surface area contributed by atoms with Crippen molar-refractivity contribution in [1.29, 1.82) is 0 Å². The first-order valence-electron chi connectivity index (χ1n) is 7.32. The largest absolute Gasteiger partial charge is 0.497 e. The van der Waals surface area contributed by atoms with Crippen LogP contribution in [0.2, 0.25) is 0 Å². The van der Waals surface area contributed by atoms with Crippen molar-refractivity contribution in [2.45, 2.75) is 13.5 Å². The molecule has 0 spiro atoms. The van der Waals surface area contributed by atoms with Crippen molar-refractivity contribution >= 4 is 16.7 Å². The van der Waals surface area contributed by atoms with Crippen LogP contribution in [0.15, 0.2) is 54.7 Å². The first kappa shape index (κ1) is 15.0. The van der Waals surface area contributed by atoms with Gasteiger partial charge in [0, 0.05) is 11.9 Å². The lowest BCUT2D eigenvalue weighted by molar-refractivity contribution is 0.0472. The van der Waals surface area contributed by atoms with Gasteiger partial charge in [0.1, 0.15) is 12.4 Å². The fourth-order valence-electron chi connectivity index (χ4n) is 2.31. The van der Waals surface area contributed by atoms with Crippen molar-refractivity contribution in [3.05, 3.63) is 71.5 Å². The minimum Gasteiger partial charge on any atom is -0.497 e. The van der Waals surface area contributed by atoms with Gasteiger partial charge in [-0.3, -0.25) is 4.98 Å². The van der Waals surface area contributed by atoms with E-state index < -0.39 is 0 Å². The van der Waals surface area contributed by atoms with E-state index in [-0.39, 0.29) is 12.6 Å². The van der Waals surface area contributed by atoms with Crippen LogP contribution in [0.4, 0.5) is 0 Å². The second-order valence-electron chi connectivity index (χ2n) is 5.31. The molecule has 0 aliphatic carbocycles. The summed E-state index contributed by atoms with van der Waals surface area (Å²) >= 11 is 0. The standard InChI is InChI=1S/C19H17NO3/c1-13-3-5-17(11-20-13)19(21)23-12-14-4-6-16-10-18(22-2)8-7-15(16)9-14/h3-11H,12H2,1-2H3. The van der Waals surface area contributed by atoms with Gasteiger partial charge < -0.3 is 9.47 Å². The molecular weight excluding hydrogens is 290 g/mol. The highest BCUT2D eigenvalue weighted by Crippen LogP contribution is 2.22. The van der Waals surface area contributed by atoms with Crippen LogP contribution in [-0.2, 0) is 11.3 Å². The van der Waals surface area contributed by atoms with Gasteiger partial charge in [-0.1, -0.05) is 18.2 Å². The molecular formula is C19H17NO3. The molecule has 0 saturated heterocycles. The predicted octanol–water partition coefficient (Wildman–Crippen LogP) is 3.91. The predicted molar refractivity (Wildman–Crippen MR) is 88.6 cm³/mol. The number of esters is 1. The Morgan fingerprint density at radius 1 is 1.04 bits per heavy atom. The number of hydrogen-bond donors (Lipinski definition) is 0. The summed E-state index contributed by atoms with van der Waals surface area (Å²) < 4.78 is 10.6. The van der Waals surface area contributed by atoms with E-state index in [1.807, 2.05) is 43.3 Å². The van der Waals surface area contributed by atoms with Gasteiger partial charge in [-0.2, -0.15) is 0 Å². The van der Waals surface area contributed by atoms with E-state index in [0.29, 0.717) is 5.56 Å². The second-order valence-corrected chi connectivity index (χ2v) is 5.31. The topological polar surface area (TPSA) is 48.4 Å². The van der Waals surface area contributed by atoms with E-state index in [4.69, 9.17) is 9.47 Å². The Kier molecular flexibility index (Phi) is 4.24. The zero-order valence-electron chi connectivity index (χ0n) is 13.1. The Morgan fingerprint density at radius 2 is 1.83 bits per heavy atom. The van der Waals surface area contributed by atoms with E-state index in [9.17, 15) is 4.79 Å². The molecule has 1 aromatic heterocycles. The molecule has 3 aromatic rings. The van der Waals surface area contributed by atoms with Gasteiger partial charge in [-0.05, 0) is 53.6 Å². The SMILES string of the molecule is COc1ccc2cc(COC(=O)c3ccc(C)nc3)ccc2c1. The molecule has 116 valence electrons. The third kappa shape index (κ3) is 3.48. The molecule has 1 heterocycles. The number of ether oxygens (including phenoxy) is 2. The summed E-state index contributed by atoms with van der Waals surface area (Å²) in [6.07, 6.45) is 1.53. The third-order valence-electron chi connectivity index (χ3n) is 3.63. The highest BCUT2D eigenvalue weighted by molar-refractivity contribution is 5.89.